The normalized spacial score (nSPS) is 10.7. The second-order valence-electron chi connectivity index (χ2n) is 3.70. The maximum absolute atomic E-state index is 12.1. The van der Waals surface area contributed by atoms with Crippen LogP contribution in [0.25, 0.3) is 0 Å². The Balaban J connectivity index is 2.17. The van der Waals surface area contributed by atoms with Crippen LogP contribution in [0.3, 0.4) is 0 Å². The van der Waals surface area contributed by atoms with E-state index in [1.165, 1.54) is 6.33 Å². The molecule has 0 N–H and O–H groups in total. The third-order valence-corrected chi connectivity index (χ3v) is 2.68. The predicted molar refractivity (Wildman–Crippen MR) is 61.8 cm³/mol. The zero-order valence-electron chi connectivity index (χ0n) is 10.0. The summed E-state index contributed by atoms with van der Waals surface area (Å²) in [5.41, 5.74) is 0.651. The van der Waals surface area contributed by atoms with Crippen LogP contribution in [0.2, 0.25) is 0 Å². The van der Waals surface area contributed by atoms with E-state index in [1.807, 2.05) is 13.8 Å². The lowest BCUT2D eigenvalue weighted by Crippen LogP contribution is -2.11. The number of rotatable bonds is 5. The van der Waals surface area contributed by atoms with E-state index in [-0.39, 0.29) is 12.2 Å². The molecule has 0 atom stereocenters. The Hall–Kier alpha value is -1.91. The highest BCUT2D eigenvalue weighted by atomic mass is 16.3. The van der Waals surface area contributed by atoms with Crippen LogP contribution in [0.1, 0.15) is 35.8 Å². The second kappa shape index (κ2) is 4.95. The Morgan fingerprint density at radius 1 is 1.47 bits per heavy atom. The van der Waals surface area contributed by atoms with Crippen LogP contribution < -0.4 is 0 Å². The third-order valence-electron chi connectivity index (χ3n) is 2.68. The fraction of sp³-hybridized carbons (Fsp3) is 0.417. The monoisotopic (exact) mass is 233 g/mol. The van der Waals surface area contributed by atoms with E-state index in [2.05, 4.69) is 10.1 Å². The maximum Gasteiger partial charge on any atom is 0.173 e. The van der Waals surface area contributed by atoms with Gasteiger partial charge in [-0.25, -0.2) is 9.67 Å². The lowest BCUT2D eigenvalue weighted by atomic mass is 10.1. The van der Waals surface area contributed by atoms with E-state index >= 15 is 0 Å². The highest BCUT2D eigenvalue weighted by Gasteiger charge is 2.16. The average Bonchev–Trinajstić information content (AvgIpc) is 2.96. The molecule has 0 unspecified atom stereocenters. The maximum atomic E-state index is 12.1. The molecule has 0 aliphatic rings. The van der Waals surface area contributed by atoms with Gasteiger partial charge in [-0.2, -0.15) is 5.10 Å². The topological polar surface area (TPSA) is 60.9 Å². The fourth-order valence-electron chi connectivity index (χ4n) is 1.79. The first-order valence-electron chi connectivity index (χ1n) is 5.72. The van der Waals surface area contributed by atoms with Gasteiger partial charge >= 0.3 is 0 Å². The Bertz CT molecular complexity index is 513. The van der Waals surface area contributed by atoms with Gasteiger partial charge < -0.3 is 4.42 Å². The zero-order valence-corrected chi connectivity index (χ0v) is 10.0. The van der Waals surface area contributed by atoms with Gasteiger partial charge in [-0.1, -0.05) is 6.92 Å². The van der Waals surface area contributed by atoms with Crippen molar-refractivity contribution >= 4 is 5.78 Å². The van der Waals surface area contributed by atoms with Crippen molar-refractivity contribution in [1.29, 1.82) is 0 Å². The Morgan fingerprint density at radius 3 is 3.00 bits per heavy atom. The summed E-state index contributed by atoms with van der Waals surface area (Å²) < 4.78 is 6.97. The molecule has 17 heavy (non-hydrogen) atoms. The van der Waals surface area contributed by atoms with E-state index < -0.39 is 0 Å². The molecule has 0 aromatic carbocycles. The quantitative estimate of drug-likeness (QED) is 0.740. The third kappa shape index (κ3) is 2.27. The number of furan rings is 1. The van der Waals surface area contributed by atoms with Crippen molar-refractivity contribution < 1.29 is 9.21 Å². The summed E-state index contributed by atoms with van der Waals surface area (Å²) in [7, 11) is 0. The SMILES string of the molecule is CCc1occc1C(=O)Cc1ncnn1CC. The molecule has 0 spiro atoms. The average molecular weight is 233 g/mol. The molecule has 0 saturated heterocycles. The molecule has 2 heterocycles. The first-order chi connectivity index (χ1) is 8.26. The van der Waals surface area contributed by atoms with E-state index in [1.54, 1.807) is 17.0 Å². The number of ketones is 1. The highest BCUT2D eigenvalue weighted by Crippen LogP contribution is 2.14. The number of hydrogen-bond donors (Lipinski definition) is 0. The molecular formula is C12H15N3O2. The first-order valence-corrected chi connectivity index (χ1v) is 5.72. The molecule has 2 aromatic heterocycles. The molecule has 0 radical (unpaired) electrons. The van der Waals surface area contributed by atoms with Gasteiger partial charge in [-0.15, -0.1) is 0 Å². The Morgan fingerprint density at radius 2 is 2.29 bits per heavy atom. The molecule has 0 amide bonds. The van der Waals surface area contributed by atoms with Crippen LogP contribution in [0.15, 0.2) is 23.1 Å². The van der Waals surface area contributed by atoms with Gasteiger partial charge in [0.2, 0.25) is 0 Å². The van der Waals surface area contributed by atoms with Gasteiger partial charge in [0, 0.05) is 13.0 Å². The molecule has 2 rings (SSSR count). The van der Waals surface area contributed by atoms with Crippen molar-refractivity contribution in [2.24, 2.45) is 0 Å². The number of aryl methyl sites for hydroxylation is 2. The predicted octanol–water partition coefficient (Wildman–Crippen LogP) is 1.88. The van der Waals surface area contributed by atoms with Crippen molar-refractivity contribution in [2.75, 3.05) is 0 Å². The number of aromatic nitrogens is 3. The zero-order chi connectivity index (χ0) is 12.3. The van der Waals surface area contributed by atoms with E-state index in [9.17, 15) is 4.79 Å². The van der Waals surface area contributed by atoms with Gasteiger partial charge in [-0.05, 0) is 13.0 Å². The van der Waals surface area contributed by atoms with Gasteiger partial charge in [-0.3, -0.25) is 4.79 Å². The number of carbonyl (C=O) groups is 1. The lowest BCUT2D eigenvalue weighted by molar-refractivity contribution is 0.0987. The number of Topliss-reactive ketones (excluding diaryl/α,β-unsaturated/α-hetero) is 1. The Kier molecular flexibility index (Phi) is 3.37. The van der Waals surface area contributed by atoms with Crippen LogP contribution >= 0.6 is 0 Å². The van der Waals surface area contributed by atoms with Crippen molar-refractivity contribution in [3.8, 4) is 0 Å². The second-order valence-corrected chi connectivity index (χ2v) is 3.70. The van der Waals surface area contributed by atoms with Crippen molar-refractivity contribution in [3.63, 3.8) is 0 Å². The van der Waals surface area contributed by atoms with Gasteiger partial charge in [0.1, 0.15) is 17.9 Å². The van der Waals surface area contributed by atoms with Crippen molar-refractivity contribution in [2.45, 2.75) is 33.2 Å². The summed E-state index contributed by atoms with van der Waals surface area (Å²) in [5.74, 6) is 1.46. The molecule has 0 bridgehead atoms. The first kappa shape index (κ1) is 11.6. The van der Waals surface area contributed by atoms with Crippen LogP contribution in [0.4, 0.5) is 0 Å². The number of hydrogen-bond acceptors (Lipinski definition) is 4. The molecule has 0 aliphatic heterocycles. The minimum Gasteiger partial charge on any atom is -0.469 e. The summed E-state index contributed by atoms with van der Waals surface area (Å²) in [4.78, 5) is 16.2. The fourth-order valence-corrected chi connectivity index (χ4v) is 1.79. The lowest BCUT2D eigenvalue weighted by Gasteiger charge is -2.02. The summed E-state index contributed by atoms with van der Waals surface area (Å²) >= 11 is 0. The van der Waals surface area contributed by atoms with Crippen molar-refractivity contribution in [3.05, 3.63) is 35.8 Å². The molecular weight excluding hydrogens is 218 g/mol. The summed E-state index contributed by atoms with van der Waals surface area (Å²) in [6, 6.07) is 1.72. The van der Waals surface area contributed by atoms with Crippen LogP contribution in [-0.2, 0) is 19.4 Å². The molecule has 5 nitrogen and oxygen atoms in total. The molecule has 0 saturated carbocycles. The van der Waals surface area contributed by atoms with Crippen LogP contribution in [0, 0.1) is 0 Å². The number of carbonyl (C=O) groups excluding carboxylic acids is 1. The standard InChI is InChI=1S/C12H15N3O2/c1-3-11-9(5-6-17-11)10(16)7-12-13-8-14-15(12)4-2/h5-6,8H,3-4,7H2,1-2H3. The van der Waals surface area contributed by atoms with E-state index in [4.69, 9.17) is 4.42 Å². The molecule has 0 aliphatic carbocycles. The van der Waals surface area contributed by atoms with Gasteiger partial charge in [0.15, 0.2) is 5.78 Å². The van der Waals surface area contributed by atoms with E-state index in [0.29, 0.717) is 24.4 Å². The minimum atomic E-state index is 0.0262. The number of nitrogens with zero attached hydrogens (tertiary/aromatic N) is 3. The van der Waals surface area contributed by atoms with Gasteiger partial charge in [0.05, 0.1) is 18.2 Å². The minimum absolute atomic E-state index is 0.0262. The largest absolute Gasteiger partial charge is 0.469 e. The summed E-state index contributed by atoms with van der Waals surface area (Å²) in [6.07, 6.45) is 4.01. The smallest absolute Gasteiger partial charge is 0.173 e. The van der Waals surface area contributed by atoms with Crippen molar-refractivity contribution in [1.82, 2.24) is 14.8 Å². The molecule has 2 aromatic rings. The Labute approximate surface area is 99.5 Å². The summed E-state index contributed by atoms with van der Waals surface area (Å²) in [5, 5.41) is 4.04. The van der Waals surface area contributed by atoms with E-state index in [0.717, 1.165) is 5.76 Å². The van der Waals surface area contributed by atoms with Crippen LogP contribution in [0.5, 0.6) is 0 Å². The van der Waals surface area contributed by atoms with Gasteiger partial charge in [0.25, 0.3) is 0 Å². The molecule has 5 heteroatoms. The highest BCUT2D eigenvalue weighted by molar-refractivity contribution is 5.98. The molecule has 90 valence electrons. The summed E-state index contributed by atoms with van der Waals surface area (Å²) in [6.45, 7) is 4.65. The van der Waals surface area contributed by atoms with Crippen LogP contribution in [-0.4, -0.2) is 20.5 Å². The molecule has 0 fully saturated rings.